The molecule has 0 aromatic carbocycles. The Bertz CT molecular complexity index is 337. The summed E-state index contributed by atoms with van der Waals surface area (Å²) in [4.78, 5) is 26.6. The van der Waals surface area contributed by atoms with Crippen molar-refractivity contribution < 1.29 is 24.5 Å². The van der Waals surface area contributed by atoms with Gasteiger partial charge in [0.15, 0.2) is 0 Å². The molecule has 0 aromatic rings. The van der Waals surface area contributed by atoms with E-state index in [-0.39, 0.29) is 31.1 Å². The van der Waals surface area contributed by atoms with Crippen molar-refractivity contribution in [2.24, 2.45) is 5.92 Å². The Morgan fingerprint density at radius 1 is 1.40 bits per heavy atom. The third kappa shape index (κ3) is 4.35. The molecule has 0 spiro atoms. The van der Waals surface area contributed by atoms with Crippen LogP contribution in [-0.2, 0) is 9.53 Å². The number of aliphatic carboxylic acids is 1. The molecule has 116 valence electrons. The van der Waals surface area contributed by atoms with Gasteiger partial charge in [-0.1, -0.05) is 0 Å². The molecule has 2 unspecified atom stereocenters. The van der Waals surface area contributed by atoms with Crippen LogP contribution in [-0.4, -0.2) is 78.0 Å². The predicted octanol–water partition coefficient (Wildman–Crippen LogP) is 0.232. The lowest BCUT2D eigenvalue weighted by molar-refractivity contribution is -0.143. The number of ether oxygens (including phenoxy) is 1. The van der Waals surface area contributed by atoms with Crippen LogP contribution in [0.1, 0.15) is 19.8 Å². The van der Waals surface area contributed by atoms with E-state index in [1.165, 1.54) is 0 Å². The van der Waals surface area contributed by atoms with Gasteiger partial charge in [-0.25, -0.2) is 4.79 Å². The maximum absolute atomic E-state index is 12.4. The fraction of sp³-hybridized carbons (Fsp3) is 0.846. The van der Waals surface area contributed by atoms with Crippen molar-refractivity contribution in [2.45, 2.75) is 25.8 Å². The van der Waals surface area contributed by atoms with Gasteiger partial charge in [0.25, 0.3) is 0 Å². The first-order valence-electron chi connectivity index (χ1n) is 6.89. The molecule has 20 heavy (non-hydrogen) atoms. The number of nitrogens with zero attached hydrogens (tertiary/aromatic N) is 2. The quantitative estimate of drug-likeness (QED) is 0.730. The maximum atomic E-state index is 12.4. The molecule has 7 heteroatoms. The third-order valence-corrected chi connectivity index (χ3v) is 3.68. The van der Waals surface area contributed by atoms with Crippen molar-refractivity contribution in [1.29, 1.82) is 0 Å². The summed E-state index contributed by atoms with van der Waals surface area (Å²) in [7, 11) is 1.56. The van der Waals surface area contributed by atoms with E-state index >= 15 is 0 Å². The number of methoxy groups -OCH3 is 1. The van der Waals surface area contributed by atoms with Crippen LogP contribution >= 0.6 is 0 Å². The molecule has 1 aliphatic heterocycles. The van der Waals surface area contributed by atoms with Crippen LogP contribution in [0.25, 0.3) is 0 Å². The average Bonchev–Trinajstić information content (AvgIpc) is 2.42. The summed E-state index contributed by atoms with van der Waals surface area (Å²) in [5.41, 5.74) is 0. The second-order valence-electron chi connectivity index (χ2n) is 5.09. The first kappa shape index (κ1) is 16.7. The summed E-state index contributed by atoms with van der Waals surface area (Å²) < 4.78 is 4.96. The van der Waals surface area contributed by atoms with E-state index in [1.54, 1.807) is 16.9 Å². The van der Waals surface area contributed by atoms with Gasteiger partial charge in [0.05, 0.1) is 19.1 Å². The minimum atomic E-state index is -0.796. The molecule has 0 aromatic heterocycles. The van der Waals surface area contributed by atoms with Crippen LogP contribution in [0.3, 0.4) is 0 Å². The number of hydrogen-bond donors (Lipinski definition) is 2. The topological polar surface area (TPSA) is 90.3 Å². The van der Waals surface area contributed by atoms with Crippen molar-refractivity contribution in [3.05, 3.63) is 0 Å². The highest BCUT2D eigenvalue weighted by atomic mass is 16.5. The SMILES string of the molecule is COCCN(CCO)C(=O)N1CCC(C(=O)O)CC1C. The van der Waals surface area contributed by atoms with Gasteiger partial charge >= 0.3 is 12.0 Å². The van der Waals surface area contributed by atoms with Crippen molar-refractivity contribution in [3.63, 3.8) is 0 Å². The Kier molecular flexibility index (Phi) is 6.74. The van der Waals surface area contributed by atoms with Crippen molar-refractivity contribution in [3.8, 4) is 0 Å². The molecule has 1 heterocycles. The number of aliphatic hydroxyl groups excluding tert-OH is 1. The van der Waals surface area contributed by atoms with Crippen LogP contribution in [0.4, 0.5) is 4.79 Å². The highest BCUT2D eigenvalue weighted by Crippen LogP contribution is 2.24. The van der Waals surface area contributed by atoms with E-state index in [0.717, 1.165) is 0 Å². The number of aliphatic hydroxyl groups is 1. The van der Waals surface area contributed by atoms with Gasteiger partial charge in [0.2, 0.25) is 0 Å². The standard InChI is InChI=1S/C13H24N2O5/c1-10-9-11(12(17)18)3-4-15(10)13(19)14(5-7-16)6-8-20-2/h10-11,16H,3-9H2,1-2H3,(H,17,18). The fourth-order valence-electron chi connectivity index (χ4n) is 2.49. The smallest absolute Gasteiger partial charge is 0.320 e. The Balaban J connectivity index is 2.62. The molecule has 2 atom stereocenters. The van der Waals surface area contributed by atoms with Gasteiger partial charge < -0.3 is 24.7 Å². The first-order chi connectivity index (χ1) is 9.51. The highest BCUT2D eigenvalue weighted by Gasteiger charge is 2.33. The third-order valence-electron chi connectivity index (χ3n) is 3.68. The van der Waals surface area contributed by atoms with Crippen molar-refractivity contribution in [1.82, 2.24) is 9.80 Å². The molecule has 7 nitrogen and oxygen atoms in total. The van der Waals surface area contributed by atoms with E-state index < -0.39 is 5.97 Å². The van der Waals surface area contributed by atoms with E-state index in [1.807, 2.05) is 6.92 Å². The van der Waals surface area contributed by atoms with Crippen LogP contribution in [0, 0.1) is 5.92 Å². The van der Waals surface area contributed by atoms with Crippen LogP contribution in [0.15, 0.2) is 0 Å². The Labute approximate surface area is 119 Å². The number of carbonyl (C=O) groups excluding carboxylic acids is 1. The largest absolute Gasteiger partial charge is 0.481 e. The number of urea groups is 1. The molecular weight excluding hydrogens is 264 g/mol. The van der Waals surface area contributed by atoms with Gasteiger partial charge in [0.1, 0.15) is 0 Å². The molecule has 0 bridgehead atoms. The van der Waals surface area contributed by atoms with E-state index in [9.17, 15) is 9.59 Å². The van der Waals surface area contributed by atoms with Crippen molar-refractivity contribution in [2.75, 3.05) is 40.0 Å². The molecule has 2 N–H and O–H groups in total. The Morgan fingerprint density at radius 3 is 2.60 bits per heavy atom. The molecule has 0 aliphatic carbocycles. The van der Waals surface area contributed by atoms with Gasteiger partial charge in [-0.15, -0.1) is 0 Å². The van der Waals surface area contributed by atoms with Gasteiger partial charge in [-0.3, -0.25) is 4.79 Å². The second-order valence-corrected chi connectivity index (χ2v) is 5.09. The molecule has 1 saturated heterocycles. The van der Waals surface area contributed by atoms with E-state index in [0.29, 0.717) is 32.5 Å². The van der Waals surface area contributed by atoms with Gasteiger partial charge in [-0.2, -0.15) is 0 Å². The number of piperidine rings is 1. The molecule has 0 saturated carbocycles. The zero-order valence-corrected chi connectivity index (χ0v) is 12.1. The number of amides is 2. The Morgan fingerprint density at radius 2 is 2.10 bits per heavy atom. The summed E-state index contributed by atoms with van der Waals surface area (Å²) in [5.74, 6) is -1.17. The lowest BCUT2D eigenvalue weighted by Crippen LogP contribution is -2.52. The summed E-state index contributed by atoms with van der Waals surface area (Å²) >= 11 is 0. The monoisotopic (exact) mass is 288 g/mol. The molecule has 1 aliphatic rings. The Hall–Kier alpha value is -1.34. The molecule has 1 fully saturated rings. The second kappa shape index (κ2) is 8.06. The lowest BCUT2D eigenvalue weighted by Gasteiger charge is -2.39. The minimum Gasteiger partial charge on any atom is -0.481 e. The summed E-state index contributed by atoms with van der Waals surface area (Å²) in [6.45, 7) is 3.28. The zero-order chi connectivity index (χ0) is 15.1. The maximum Gasteiger partial charge on any atom is 0.320 e. The number of carbonyl (C=O) groups is 2. The number of carboxylic acid groups (broad SMARTS) is 1. The molecular formula is C13H24N2O5. The normalized spacial score (nSPS) is 22.6. The van der Waals surface area contributed by atoms with Crippen LogP contribution < -0.4 is 0 Å². The van der Waals surface area contributed by atoms with Crippen molar-refractivity contribution >= 4 is 12.0 Å². The van der Waals surface area contributed by atoms with Crippen LogP contribution in [0.2, 0.25) is 0 Å². The number of hydrogen-bond acceptors (Lipinski definition) is 4. The zero-order valence-electron chi connectivity index (χ0n) is 12.1. The minimum absolute atomic E-state index is 0.102. The van der Waals surface area contributed by atoms with Gasteiger partial charge in [0, 0.05) is 32.8 Å². The van der Waals surface area contributed by atoms with Crippen LogP contribution in [0.5, 0.6) is 0 Å². The van der Waals surface area contributed by atoms with Gasteiger partial charge in [-0.05, 0) is 19.8 Å². The molecule has 2 amide bonds. The number of likely N-dealkylation sites (tertiary alicyclic amines) is 1. The lowest BCUT2D eigenvalue weighted by atomic mass is 9.92. The average molecular weight is 288 g/mol. The summed E-state index contributed by atoms with van der Waals surface area (Å²) in [6.07, 6.45) is 0.945. The molecule has 0 radical (unpaired) electrons. The van der Waals surface area contributed by atoms with E-state index in [4.69, 9.17) is 14.9 Å². The highest BCUT2D eigenvalue weighted by molar-refractivity contribution is 5.76. The first-order valence-corrected chi connectivity index (χ1v) is 6.89. The summed E-state index contributed by atoms with van der Waals surface area (Å²) in [5, 5.41) is 18.1. The molecule has 1 rings (SSSR count). The summed E-state index contributed by atoms with van der Waals surface area (Å²) in [6, 6.07) is -0.270. The predicted molar refractivity (Wildman–Crippen MR) is 72.5 cm³/mol. The van der Waals surface area contributed by atoms with E-state index in [2.05, 4.69) is 0 Å². The number of carboxylic acids is 1. The number of rotatable bonds is 6. The fourth-order valence-corrected chi connectivity index (χ4v) is 2.49.